The Morgan fingerprint density at radius 1 is 1.42 bits per heavy atom. The van der Waals surface area contributed by atoms with Gasteiger partial charge >= 0.3 is 0 Å². The van der Waals surface area contributed by atoms with Crippen molar-refractivity contribution >= 4 is 29.0 Å². The van der Waals surface area contributed by atoms with E-state index < -0.39 is 0 Å². The van der Waals surface area contributed by atoms with Gasteiger partial charge in [0, 0.05) is 34.6 Å². The summed E-state index contributed by atoms with van der Waals surface area (Å²) in [5.41, 5.74) is 4.13. The summed E-state index contributed by atoms with van der Waals surface area (Å²) < 4.78 is 5.41. The van der Waals surface area contributed by atoms with Crippen molar-refractivity contribution in [2.75, 3.05) is 6.61 Å². The zero-order chi connectivity index (χ0) is 16.8. The maximum absolute atomic E-state index is 12.1. The summed E-state index contributed by atoms with van der Waals surface area (Å²) in [5, 5.41) is 3.16. The number of benzene rings is 1. The van der Waals surface area contributed by atoms with Crippen LogP contribution in [0.1, 0.15) is 40.3 Å². The average Bonchev–Trinajstić information content (AvgIpc) is 3.04. The number of amides is 1. The average molecular weight is 364 g/mol. The van der Waals surface area contributed by atoms with E-state index in [1.807, 2.05) is 19.1 Å². The second-order valence-corrected chi connectivity index (χ2v) is 7.63. The number of nitrogens with zero attached hydrogens (tertiary/aromatic N) is 1. The molecule has 1 unspecified atom stereocenters. The van der Waals surface area contributed by atoms with Gasteiger partial charge in [0.2, 0.25) is 0 Å². The standard InChI is InChI=1S/C17H20N2O3S2/c1-12-18-14(10-23-12)11-24-15-7-5-13(6-8-15)17(20)19-22-16-4-2-3-9-21-16/h5-8,10,16H,2-4,9,11H2,1H3,(H,19,20). The highest BCUT2D eigenvalue weighted by Crippen LogP contribution is 2.24. The Morgan fingerprint density at radius 2 is 2.25 bits per heavy atom. The highest BCUT2D eigenvalue weighted by atomic mass is 32.2. The van der Waals surface area contributed by atoms with E-state index in [1.54, 1.807) is 35.2 Å². The number of aromatic nitrogens is 1. The molecule has 0 spiro atoms. The van der Waals surface area contributed by atoms with Gasteiger partial charge in [-0.2, -0.15) is 0 Å². The summed E-state index contributed by atoms with van der Waals surface area (Å²) in [5.74, 6) is 0.578. The van der Waals surface area contributed by atoms with Gasteiger partial charge in [0.15, 0.2) is 6.29 Å². The third-order valence-corrected chi connectivity index (χ3v) is 5.46. The van der Waals surface area contributed by atoms with Crippen molar-refractivity contribution in [1.29, 1.82) is 0 Å². The van der Waals surface area contributed by atoms with Crippen LogP contribution in [0.25, 0.3) is 0 Å². The molecule has 128 valence electrons. The molecule has 2 heterocycles. The summed E-state index contributed by atoms with van der Waals surface area (Å²) in [7, 11) is 0. The van der Waals surface area contributed by atoms with Gasteiger partial charge in [0.05, 0.1) is 10.7 Å². The summed E-state index contributed by atoms with van der Waals surface area (Å²) >= 11 is 3.37. The molecule has 24 heavy (non-hydrogen) atoms. The fourth-order valence-electron chi connectivity index (χ4n) is 2.32. The molecule has 1 aliphatic rings. The normalized spacial score (nSPS) is 17.6. The number of ether oxygens (including phenoxy) is 1. The topological polar surface area (TPSA) is 60.5 Å². The fraction of sp³-hybridized carbons (Fsp3) is 0.412. The highest BCUT2D eigenvalue weighted by molar-refractivity contribution is 7.98. The molecule has 5 nitrogen and oxygen atoms in total. The molecule has 0 saturated carbocycles. The van der Waals surface area contributed by atoms with Gasteiger partial charge in [-0.05, 0) is 44.0 Å². The van der Waals surface area contributed by atoms with Crippen LogP contribution in [0.3, 0.4) is 0 Å². The predicted molar refractivity (Wildman–Crippen MR) is 95.0 cm³/mol. The Labute approximate surface area is 149 Å². The first kappa shape index (κ1) is 17.4. The van der Waals surface area contributed by atoms with E-state index in [4.69, 9.17) is 9.57 Å². The van der Waals surface area contributed by atoms with E-state index in [-0.39, 0.29) is 12.2 Å². The molecule has 0 radical (unpaired) electrons. The summed E-state index contributed by atoms with van der Waals surface area (Å²) in [4.78, 5) is 22.9. The molecule has 1 aromatic heterocycles. The minimum absolute atomic E-state index is 0.254. The molecule has 1 aromatic carbocycles. The Bertz CT molecular complexity index is 667. The van der Waals surface area contributed by atoms with E-state index in [1.165, 1.54) is 0 Å². The minimum atomic E-state index is -0.334. The van der Waals surface area contributed by atoms with Crippen LogP contribution >= 0.6 is 23.1 Å². The smallest absolute Gasteiger partial charge is 0.274 e. The minimum Gasteiger partial charge on any atom is -0.350 e. The first-order valence-electron chi connectivity index (χ1n) is 7.92. The molecule has 0 bridgehead atoms. The van der Waals surface area contributed by atoms with Gasteiger partial charge in [-0.3, -0.25) is 4.79 Å². The molecule has 1 atom stereocenters. The largest absolute Gasteiger partial charge is 0.350 e. The van der Waals surface area contributed by atoms with Crippen LogP contribution < -0.4 is 5.48 Å². The molecule has 2 aromatic rings. The third-order valence-electron chi connectivity index (χ3n) is 3.59. The van der Waals surface area contributed by atoms with Crippen molar-refractivity contribution in [3.05, 3.63) is 45.9 Å². The molecule has 0 aliphatic carbocycles. The Kier molecular flexibility index (Phi) is 6.25. The lowest BCUT2D eigenvalue weighted by atomic mass is 10.2. The molecule has 1 amide bonds. The maximum atomic E-state index is 12.1. The summed E-state index contributed by atoms with van der Waals surface area (Å²) in [6.45, 7) is 2.69. The van der Waals surface area contributed by atoms with Crippen molar-refractivity contribution < 1.29 is 14.4 Å². The number of thiazole rings is 1. The number of carbonyl (C=O) groups is 1. The number of hydrogen-bond donors (Lipinski definition) is 1. The van der Waals surface area contributed by atoms with Crippen LogP contribution in [0.15, 0.2) is 34.5 Å². The number of hydroxylamine groups is 1. The summed E-state index contributed by atoms with van der Waals surface area (Å²) in [6.07, 6.45) is 2.59. The van der Waals surface area contributed by atoms with Crippen molar-refractivity contribution in [1.82, 2.24) is 10.5 Å². The van der Waals surface area contributed by atoms with E-state index in [0.29, 0.717) is 12.2 Å². The van der Waals surface area contributed by atoms with Gasteiger partial charge in [0.25, 0.3) is 5.91 Å². The van der Waals surface area contributed by atoms with E-state index in [0.717, 1.165) is 40.6 Å². The lowest BCUT2D eigenvalue weighted by molar-refractivity contribution is -0.186. The molecular weight excluding hydrogens is 344 g/mol. The van der Waals surface area contributed by atoms with E-state index in [2.05, 4.69) is 15.8 Å². The number of rotatable bonds is 6. The quantitative estimate of drug-likeness (QED) is 0.622. The number of thioether (sulfide) groups is 1. The van der Waals surface area contributed by atoms with Crippen LogP contribution in [0.4, 0.5) is 0 Å². The van der Waals surface area contributed by atoms with Crippen LogP contribution in [0, 0.1) is 6.92 Å². The SMILES string of the molecule is Cc1nc(CSc2ccc(C(=O)NOC3CCCCO3)cc2)cs1. The van der Waals surface area contributed by atoms with Gasteiger partial charge in [-0.15, -0.1) is 23.1 Å². The monoisotopic (exact) mass is 364 g/mol. The number of carbonyl (C=O) groups excluding carboxylic acids is 1. The van der Waals surface area contributed by atoms with Crippen molar-refractivity contribution in [2.45, 2.75) is 43.1 Å². The Balaban J connectivity index is 1.47. The zero-order valence-corrected chi connectivity index (χ0v) is 15.1. The van der Waals surface area contributed by atoms with Crippen molar-refractivity contribution in [2.24, 2.45) is 0 Å². The lowest BCUT2D eigenvalue weighted by Crippen LogP contribution is -2.33. The first-order chi connectivity index (χ1) is 11.7. The molecule has 1 fully saturated rings. The third kappa shape index (κ3) is 5.04. The Hall–Kier alpha value is -1.41. The molecular formula is C17H20N2O3S2. The number of aryl methyl sites for hydroxylation is 1. The van der Waals surface area contributed by atoms with Crippen molar-refractivity contribution in [3.63, 3.8) is 0 Å². The maximum Gasteiger partial charge on any atom is 0.274 e. The van der Waals surface area contributed by atoms with E-state index in [9.17, 15) is 4.79 Å². The van der Waals surface area contributed by atoms with Gasteiger partial charge < -0.3 is 4.74 Å². The number of nitrogens with one attached hydrogen (secondary N) is 1. The second kappa shape index (κ2) is 8.62. The molecule has 3 rings (SSSR count). The van der Waals surface area contributed by atoms with Crippen LogP contribution in [0.5, 0.6) is 0 Å². The highest BCUT2D eigenvalue weighted by Gasteiger charge is 2.16. The first-order valence-corrected chi connectivity index (χ1v) is 9.79. The molecule has 1 saturated heterocycles. The lowest BCUT2D eigenvalue weighted by Gasteiger charge is -2.22. The zero-order valence-electron chi connectivity index (χ0n) is 13.5. The molecule has 1 N–H and O–H groups in total. The van der Waals surface area contributed by atoms with Crippen LogP contribution in [-0.2, 0) is 15.3 Å². The predicted octanol–water partition coefficient (Wildman–Crippen LogP) is 3.93. The van der Waals surface area contributed by atoms with Gasteiger partial charge in [-0.25, -0.2) is 15.3 Å². The van der Waals surface area contributed by atoms with E-state index >= 15 is 0 Å². The van der Waals surface area contributed by atoms with Crippen LogP contribution in [-0.4, -0.2) is 23.8 Å². The Morgan fingerprint density at radius 3 is 2.92 bits per heavy atom. The summed E-state index contributed by atoms with van der Waals surface area (Å²) in [6, 6.07) is 7.48. The van der Waals surface area contributed by atoms with Crippen molar-refractivity contribution in [3.8, 4) is 0 Å². The second-order valence-electron chi connectivity index (χ2n) is 5.52. The van der Waals surface area contributed by atoms with Gasteiger partial charge in [-0.1, -0.05) is 0 Å². The number of hydrogen-bond acceptors (Lipinski definition) is 6. The van der Waals surface area contributed by atoms with Gasteiger partial charge in [0.1, 0.15) is 0 Å². The van der Waals surface area contributed by atoms with Crippen LogP contribution in [0.2, 0.25) is 0 Å². The fourth-order valence-corrected chi connectivity index (χ4v) is 3.83. The molecule has 1 aliphatic heterocycles. The molecule has 7 heteroatoms.